The van der Waals surface area contributed by atoms with Gasteiger partial charge >= 0.3 is 11.9 Å². The minimum Gasteiger partial charge on any atom is -0.497 e. The highest BCUT2D eigenvalue weighted by atomic mass is 16.5. The van der Waals surface area contributed by atoms with Crippen molar-refractivity contribution in [3.63, 3.8) is 0 Å². The van der Waals surface area contributed by atoms with Gasteiger partial charge in [-0.1, -0.05) is 6.07 Å². The Morgan fingerprint density at radius 2 is 1.67 bits per heavy atom. The van der Waals surface area contributed by atoms with Gasteiger partial charge in [0.15, 0.2) is 6.61 Å². The van der Waals surface area contributed by atoms with E-state index in [0.29, 0.717) is 17.0 Å². The molecule has 0 aliphatic rings. The number of methoxy groups -OCH3 is 1. The summed E-state index contributed by atoms with van der Waals surface area (Å²) in [5, 5.41) is 2.59. The topological polar surface area (TPSA) is 90.9 Å². The summed E-state index contributed by atoms with van der Waals surface area (Å²) in [5.41, 5.74) is 1.14. The van der Waals surface area contributed by atoms with Crippen LogP contribution in [0.1, 0.15) is 34.6 Å². The van der Waals surface area contributed by atoms with E-state index < -0.39 is 24.5 Å². The predicted molar refractivity (Wildman–Crippen MR) is 98.9 cm³/mol. The van der Waals surface area contributed by atoms with E-state index in [0.717, 1.165) is 0 Å². The van der Waals surface area contributed by atoms with E-state index in [4.69, 9.17) is 14.2 Å². The summed E-state index contributed by atoms with van der Waals surface area (Å²) in [6.07, 6.45) is -0.212. The van der Waals surface area contributed by atoms with Gasteiger partial charge in [-0.05, 0) is 56.3 Å². The largest absolute Gasteiger partial charge is 0.497 e. The van der Waals surface area contributed by atoms with E-state index >= 15 is 0 Å². The average Bonchev–Trinajstić information content (AvgIpc) is 2.66. The van der Waals surface area contributed by atoms with Crippen LogP contribution >= 0.6 is 0 Å². The number of ether oxygens (including phenoxy) is 3. The molecule has 0 aliphatic carbocycles. The van der Waals surface area contributed by atoms with E-state index in [-0.39, 0.29) is 11.7 Å². The highest BCUT2D eigenvalue weighted by Gasteiger charge is 2.12. The molecule has 0 heterocycles. The van der Waals surface area contributed by atoms with Crippen molar-refractivity contribution in [2.45, 2.75) is 20.0 Å². The van der Waals surface area contributed by atoms with Gasteiger partial charge in [0.1, 0.15) is 5.75 Å². The Morgan fingerprint density at radius 3 is 2.30 bits per heavy atom. The van der Waals surface area contributed by atoms with Gasteiger partial charge < -0.3 is 19.5 Å². The monoisotopic (exact) mass is 371 g/mol. The molecule has 0 saturated carbocycles. The number of carbonyl (C=O) groups excluding carboxylic acids is 3. The van der Waals surface area contributed by atoms with E-state index in [1.165, 1.54) is 13.2 Å². The average molecular weight is 371 g/mol. The van der Waals surface area contributed by atoms with Gasteiger partial charge in [0.05, 0.1) is 24.3 Å². The van der Waals surface area contributed by atoms with Crippen molar-refractivity contribution >= 4 is 23.5 Å². The number of carbonyl (C=O) groups is 3. The first-order chi connectivity index (χ1) is 12.9. The Hall–Kier alpha value is -3.35. The SMILES string of the molecule is COc1cccc(C(=O)OCC(=O)Nc2ccc(C(=O)OC(C)C)cc2)c1. The second-order valence-electron chi connectivity index (χ2n) is 5.89. The van der Waals surface area contributed by atoms with E-state index in [1.54, 1.807) is 56.3 Å². The number of hydrogen-bond donors (Lipinski definition) is 1. The summed E-state index contributed by atoms with van der Waals surface area (Å²) < 4.78 is 15.1. The molecule has 0 fully saturated rings. The number of nitrogens with one attached hydrogen (secondary N) is 1. The lowest BCUT2D eigenvalue weighted by molar-refractivity contribution is -0.119. The van der Waals surface area contributed by atoms with E-state index in [9.17, 15) is 14.4 Å². The first-order valence-corrected chi connectivity index (χ1v) is 8.31. The molecule has 2 aromatic rings. The summed E-state index contributed by atoms with van der Waals surface area (Å²) in [5.74, 6) is -1.04. The van der Waals surface area contributed by atoms with Crippen LogP contribution in [0, 0.1) is 0 Å². The summed E-state index contributed by atoms with van der Waals surface area (Å²) in [6, 6.07) is 12.7. The lowest BCUT2D eigenvalue weighted by atomic mass is 10.2. The third-order valence-electron chi connectivity index (χ3n) is 3.39. The van der Waals surface area contributed by atoms with Gasteiger partial charge in [0, 0.05) is 5.69 Å². The second kappa shape index (κ2) is 9.38. The minimum absolute atomic E-state index is 0.212. The van der Waals surface area contributed by atoms with Gasteiger partial charge in [0.25, 0.3) is 5.91 Å². The molecule has 0 saturated heterocycles. The van der Waals surface area contributed by atoms with Crippen molar-refractivity contribution in [1.29, 1.82) is 0 Å². The molecule has 2 aromatic carbocycles. The zero-order valence-electron chi connectivity index (χ0n) is 15.4. The van der Waals surface area contributed by atoms with Crippen molar-refractivity contribution in [3.05, 3.63) is 59.7 Å². The van der Waals surface area contributed by atoms with Gasteiger partial charge in [0.2, 0.25) is 0 Å². The van der Waals surface area contributed by atoms with Crippen molar-refractivity contribution in [1.82, 2.24) is 0 Å². The molecule has 0 radical (unpaired) electrons. The van der Waals surface area contributed by atoms with Gasteiger partial charge in [-0.2, -0.15) is 0 Å². The summed E-state index contributed by atoms with van der Waals surface area (Å²) in [7, 11) is 1.49. The van der Waals surface area contributed by atoms with Gasteiger partial charge in [-0.3, -0.25) is 4.79 Å². The molecule has 0 bridgehead atoms. The Balaban J connectivity index is 1.86. The number of amides is 1. The molecule has 0 aliphatic heterocycles. The molecule has 1 amide bonds. The molecule has 7 nitrogen and oxygen atoms in total. The molecule has 0 atom stereocenters. The molecule has 0 spiro atoms. The number of rotatable bonds is 7. The maximum absolute atomic E-state index is 12.0. The minimum atomic E-state index is -0.629. The summed E-state index contributed by atoms with van der Waals surface area (Å²) in [4.78, 5) is 35.7. The fraction of sp³-hybridized carbons (Fsp3) is 0.250. The smallest absolute Gasteiger partial charge is 0.338 e. The van der Waals surface area contributed by atoms with Gasteiger partial charge in [-0.15, -0.1) is 0 Å². The Bertz CT molecular complexity index is 813. The fourth-order valence-corrected chi connectivity index (χ4v) is 2.13. The first kappa shape index (κ1) is 20.0. The first-order valence-electron chi connectivity index (χ1n) is 8.31. The highest BCUT2D eigenvalue weighted by Crippen LogP contribution is 2.14. The van der Waals surface area contributed by atoms with Crippen LogP contribution in [-0.4, -0.2) is 37.7 Å². The molecular weight excluding hydrogens is 350 g/mol. The van der Waals surface area contributed by atoms with Crippen LogP contribution in [0.15, 0.2) is 48.5 Å². The maximum Gasteiger partial charge on any atom is 0.338 e. The second-order valence-corrected chi connectivity index (χ2v) is 5.89. The van der Waals surface area contributed by atoms with Crippen molar-refractivity contribution in [2.75, 3.05) is 19.0 Å². The number of anilines is 1. The molecule has 0 aromatic heterocycles. The summed E-state index contributed by atoms with van der Waals surface area (Å²) >= 11 is 0. The van der Waals surface area contributed by atoms with Crippen LogP contribution < -0.4 is 10.1 Å². The molecule has 0 unspecified atom stereocenters. The molecule has 2 rings (SSSR count). The maximum atomic E-state index is 12.0. The Kier molecular flexibility index (Phi) is 6.93. The number of esters is 2. The molecule has 7 heteroatoms. The van der Waals surface area contributed by atoms with Crippen molar-refractivity contribution in [2.24, 2.45) is 0 Å². The standard InChI is InChI=1S/C20H21NO6/c1-13(2)27-20(24)14-7-9-16(10-8-14)21-18(22)12-26-19(23)15-5-4-6-17(11-15)25-3/h4-11,13H,12H2,1-3H3,(H,21,22). The van der Waals surface area contributed by atoms with E-state index in [2.05, 4.69) is 5.32 Å². The normalized spacial score (nSPS) is 10.2. The summed E-state index contributed by atoms with van der Waals surface area (Å²) in [6.45, 7) is 3.09. The lowest BCUT2D eigenvalue weighted by Gasteiger charge is -2.09. The number of benzene rings is 2. The van der Waals surface area contributed by atoms with Crippen LogP contribution in [0.3, 0.4) is 0 Å². The zero-order chi connectivity index (χ0) is 19.8. The van der Waals surface area contributed by atoms with Crippen LogP contribution in [0.2, 0.25) is 0 Å². The van der Waals surface area contributed by atoms with Crippen molar-refractivity contribution < 1.29 is 28.6 Å². The lowest BCUT2D eigenvalue weighted by Crippen LogP contribution is -2.21. The zero-order valence-corrected chi connectivity index (χ0v) is 15.4. The molecule has 27 heavy (non-hydrogen) atoms. The van der Waals surface area contributed by atoms with Crippen LogP contribution in [0.5, 0.6) is 5.75 Å². The third-order valence-corrected chi connectivity index (χ3v) is 3.39. The quantitative estimate of drug-likeness (QED) is 0.752. The molecule has 1 N–H and O–H groups in total. The Labute approximate surface area is 157 Å². The molecule has 142 valence electrons. The van der Waals surface area contributed by atoms with E-state index in [1.807, 2.05) is 0 Å². The fourth-order valence-electron chi connectivity index (χ4n) is 2.13. The van der Waals surface area contributed by atoms with Crippen LogP contribution in [0.25, 0.3) is 0 Å². The van der Waals surface area contributed by atoms with Crippen LogP contribution in [-0.2, 0) is 14.3 Å². The predicted octanol–water partition coefficient (Wildman–Crippen LogP) is 3.06. The van der Waals surface area contributed by atoms with Crippen LogP contribution in [0.4, 0.5) is 5.69 Å². The highest BCUT2D eigenvalue weighted by molar-refractivity contribution is 5.96. The molecular formula is C20H21NO6. The Morgan fingerprint density at radius 1 is 0.963 bits per heavy atom. The van der Waals surface area contributed by atoms with Gasteiger partial charge in [-0.25, -0.2) is 9.59 Å². The number of hydrogen-bond acceptors (Lipinski definition) is 6. The van der Waals surface area contributed by atoms with Crippen molar-refractivity contribution in [3.8, 4) is 5.75 Å². The third kappa shape index (κ3) is 6.14.